The van der Waals surface area contributed by atoms with Gasteiger partial charge in [-0.15, -0.1) is 0 Å². The molecule has 0 fully saturated rings. The number of para-hydroxylation sites is 1. The van der Waals surface area contributed by atoms with Crippen molar-refractivity contribution in [3.05, 3.63) is 64.3 Å². The molecule has 0 aliphatic rings. The molecule has 0 atom stereocenters. The van der Waals surface area contributed by atoms with E-state index in [0.29, 0.717) is 21.3 Å². The highest BCUT2D eigenvalue weighted by atomic mass is 35.5. The number of fused-ring (bicyclic) bond motifs is 1. The van der Waals surface area contributed by atoms with Crippen LogP contribution in [0.15, 0.2) is 48.7 Å². The highest BCUT2D eigenvalue weighted by Gasteiger charge is 2.14. The second kappa shape index (κ2) is 5.43. The molecule has 0 spiro atoms. The summed E-state index contributed by atoms with van der Waals surface area (Å²) in [7, 11) is 1.94. The van der Waals surface area contributed by atoms with E-state index in [2.05, 4.69) is 5.32 Å². The van der Waals surface area contributed by atoms with Crippen LogP contribution in [0.5, 0.6) is 0 Å². The number of aromatic nitrogens is 1. The zero-order valence-electron chi connectivity index (χ0n) is 11.2. The van der Waals surface area contributed by atoms with Crippen LogP contribution in [-0.4, -0.2) is 10.5 Å². The Hall–Kier alpha value is -1.97. The number of halogens is 2. The number of carbonyl (C=O) groups excluding carboxylic acids is 1. The standard InChI is InChI=1S/C16H12Cl2N2O/c1-20-9-8-10-11(4-2-7-14(10)20)16(21)19-15-12(17)5-3-6-13(15)18/h2-9H,1H3,(H,19,21). The number of benzene rings is 2. The molecule has 1 aromatic heterocycles. The van der Waals surface area contributed by atoms with Crippen molar-refractivity contribution in [2.24, 2.45) is 7.05 Å². The molecule has 1 N–H and O–H groups in total. The van der Waals surface area contributed by atoms with Crippen molar-refractivity contribution < 1.29 is 4.79 Å². The van der Waals surface area contributed by atoms with Crippen molar-refractivity contribution in [3.8, 4) is 0 Å². The summed E-state index contributed by atoms with van der Waals surface area (Å²) >= 11 is 12.2. The van der Waals surface area contributed by atoms with Crippen molar-refractivity contribution in [1.82, 2.24) is 4.57 Å². The molecule has 3 rings (SSSR count). The quantitative estimate of drug-likeness (QED) is 0.727. The zero-order valence-corrected chi connectivity index (χ0v) is 12.7. The molecule has 0 aliphatic carbocycles. The topological polar surface area (TPSA) is 34.0 Å². The third kappa shape index (κ3) is 2.50. The highest BCUT2D eigenvalue weighted by molar-refractivity contribution is 6.40. The van der Waals surface area contributed by atoms with E-state index in [0.717, 1.165) is 10.9 Å². The molecular weight excluding hydrogens is 307 g/mol. The Morgan fingerprint density at radius 2 is 1.71 bits per heavy atom. The summed E-state index contributed by atoms with van der Waals surface area (Å²) in [5.41, 5.74) is 2.01. The summed E-state index contributed by atoms with van der Waals surface area (Å²) in [4.78, 5) is 12.5. The first-order valence-corrected chi connectivity index (χ1v) is 7.13. The van der Waals surface area contributed by atoms with E-state index < -0.39 is 0 Å². The molecule has 0 radical (unpaired) electrons. The molecule has 0 saturated carbocycles. The van der Waals surface area contributed by atoms with Crippen molar-refractivity contribution >= 4 is 45.7 Å². The van der Waals surface area contributed by atoms with Crippen LogP contribution in [-0.2, 0) is 7.05 Å². The Labute approximate surface area is 132 Å². The SMILES string of the molecule is Cn1ccc2c(C(=O)Nc3c(Cl)cccc3Cl)cccc21. The molecule has 3 nitrogen and oxygen atoms in total. The maximum Gasteiger partial charge on any atom is 0.256 e. The second-order valence-corrected chi connectivity index (χ2v) is 5.53. The molecule has 0 saturated heterocycles. The fourth-order valence-corrected chi connectivity index (χ4v) is 2.79. The highest BCUT2D eigenvalue weighted by Crippen LogP contribution is 2.30. The van der Waals surface area contributed by atoms with E-state index in [1.165, 1.54) is 0 Å². The summed E-state index contributed by atoms with van der Waals surface area (Å²) in [5, 5.41) is 4.50. The van der Waals surface area contributed by atoms with Gasteiger partial charge in [0.05, 0.1) is 15.7 Å². The van der Waals surface area contributed by atoms with Crippen LogP contribution in [0.2, 0.25) is 10.0 Å². The monoisotopic (exact) mass is 318 g/mol. The van der Waals surface area contributed by atoms with E-state index in [9.17, 15) is 4.79 Å². The number of anilines is 1. The van der Waals surface area contributed by atoms with E-state index in [1.54, 1.807) is 24.3 Å². The fraction of sp³-hybridized carbons (Fsp3) is 0.0625. The van der Waals surface area contributed by atoms with Crippen molar-refractivity contribution in [3.63, 3.8) is 0 Å². The van der Waals surface area contributed by atoms with Gasteiger partial charge in [-0.3, -0.25) is 4.79 Å². The third-order valence-corrected chi connectivity index (χ3v) is 4.00. The van der Waals surface area contributed by atoms with Gasteiger partial charge in [-0.05, 0) is 30.3 Å². The van der Waals surface area contributed by atoms with Gasteiger partial charge < -0.3 is 9.88 Å². The number of hydrogen-bond acceptors (Lipinski definition) is 1. The number of aryl methyl sites for hydroxylation is 1. The van der Waals surface area contributed by atoms with Crippen LogP contribution < -0.4 is 5.32 Å². The number of nitrogens with zero attached hydrogens (tertiary/aromatic N) is 1. The van der Waals surface area contributed by atoms with Gasteiger partial charge in [-0.1, -0.05) is 35.3 Å². The van der Waals surface area contributed by atoms with Gasteiger partial charge in [0.15, 0.2) is 0 Å². The Morgan fingerprint density at radius 1 is 1.05 bits per heavy atom. The molecule has 5 heteroatoms. The van der Waals surface area contributed by atoms with Crippen LogP contribution in [0.1, 0.15) is 10.4 Å². The molecular formula is C16H12Cl2N2O. The Kier molecular flexibility index (Phi) is 3.62. The first kappa shape index (κ1) is 14.0. The average Bonchev–Trinajstić information content (AvgIpc) is 2.85. The first-order chi connectivity index (χ1) is 10.1. The van der Waals surface area contributed by atoms with Crippen LogP contribution in [0.25, 0.3) is 10.9 Å². The Balaban J connectivity index is 2.02. The van der Waals surface area contributed by atoms with Gasteiger partial charge in [0.2, 0.25) is 0 Å². The minimum Gasteiger partial charge on any atom is -0.351 e. The predicted molar refractivity (Wildman–Crippen MR) is 87.3 cm³/mol. The molecule has 0 bridgehead atoms. The summed E-state index contributed by atoms with van der Waals surface area (Å²) in [5.74, 6) is -0.234. The van der Waals surface area contributed by atoms with E-state index in [4.69, 9.17) is 23.2 Å². The van der Waals surface area contributed by atoms with Gasteiger partial charge in [-0.25, -0.2) is 0 Å². The smallest absolute Gasteiger partial charge is 0.256 e. The summed E-state index contributed by atoms with van der Waals surface area (Å²) in [6, 6.07) is 12.6. The number of nitrogens with one attached hydrogen (secondary N) is 1. The molecule has 3 aromatic rings. The lowest BCUT2D eigenvalue weighted by atomic mass is 10.1. The maximum atomic E-state index is 12.5. The van der Waals surface area contributed by atoms with Crippen LogP contribution >= 0.6 is 23.2 Å². The third-order valence-electron chi connectivity index (χ3n) is 3.37. The first-order valence-electron chi connectivity index (χ1n) is 6.37. The van der Waals surface area contributed by atoms with E-state index >= 15 is 0 Å². The minimum absolute atomic E-state index is 0.234. The van der Waals surface area contributed by atoms with Gasteiger partial charge in [0.1, 0.15) is 0 Å². The van der Waals surface area contributed by atoms with E-state index in [1.807, 2.05) is 36.0 Å². The van der Waals surface area contributed by atoms with Crippen LogP contribution in [0.4, 0.5) is 5.69 Å². The molecule has 21 heavy (non-hydrogen) atoms. The molecule has 0 unspecified atom stereocenters. The zero-order chi connectivity index (χ0) is 15.0. The molecule has 1 heterocycles. The lowest BCUT2D eigenvalue weighted by Crippen LogP contribution is -2.13. The molecule has 0 aliphatic heterocycles. The lowest BCUT2D eigenvalue weighted by Gasteiger charge is -2.10. The summed E-state index contributed by atoms with van der Waals surface area (Å²) in [6.45, 7) is 0. The Bertz CT molecular complexity index is 819. The normalized spacial score (nSPS) is 10.8. The second-order valence-electron chi connectivity index (χ2n) is 4.72. The maximum absolute atomic E-state index is 12.5. The fourth-order valence-electron chi connectivity index (χ4n) is 2.30. The lowest BCUT2D eigenvalue weighted by molar-refractivity contribution is 0.102. The van der Waals surface area contributed by atoms with Gasteiger partial charge >= 0.3 is 0 Å². The summed E-state index contributed by atoms with van der Waals surface area (Å²) < 4.78 is 1.97. The number of rotatable bonds is 2. The number of amides is 1. The predicted octanol–water partition coefficient (Wildman–Crippen LogP) is 4.74. The number of hydrogen-bond donors (Lipinski definition) is 1. The largest absolute Gasteiger partial charge is 0.351 e. The van der Waals surface area contributed by atoms with Crippen LogP contribution in [0.3, 0.4) is 0 Å². The van der Waals surface area contributed by atoms with Crippen LogP contribution in [0, 0.1) is 0 Å². The molecule has 106 valence electrons. The molecule has 2 aromatic carbocycles. The average molecular weight is 319 g/mol. The van der Waals surface area contributed by atoms with Crippen molar-refractivity contribution in [1.29, 1.82) is 0 Å². The van der Waals surface area contributed by atoms with E-state index in [-0.39, 0.29) is 5.91 Å². The van der Waals surface area contributed by atoms with Gasteiger partial charge in [0.25, 0.3) is 5.91 Å². The number of carbonyl (C=O) groups is 1. The minimum atomic E-state index is -0.234. The van der Waals surface area contributed by atoms with Crippen molar-refractivity contribution in [2.45, 2.75) is 0 Å². The Morgan fingerprint density at radius 3 is 2.43 bits per heavy atom. The van der Waals surface area contributed by atoms with Crippen molar-refractivity contribution in [2.75, 3.05) is 5.32 Å². The van der Waals surface area contributed by atoms with Gasteiger partial charge in [0, 0.05) is 29.7 Å². The molecule has 1 amide bonds. The summed E-state index contributed by atoms with van der Waals surface area (Å²) in [6.07, 6.45) is 1.92. The van der Waals surface area contributed by atoms with Gasteiger partial charge in [-0.2, -0.15) is 0 Å².